The van der Waals surface area contributed by atoms with Crippen LogP contribution in [0.25, 0.3) is 0 Å². The second-order valence-corrected chi connectivity index (χ2v) is 5.73. The van der Waals surface area contributed by atoms with E-state index in [-0.39, 0.29) is 5.91 Å². The molecule has 0 radical (unpaired) electrons. The molecular formula is C16H16ClN3O. The van der Waals surface area contributed by atoms with Gasteiger partial charge in [0, 0.05) is 41.3 Å². The van der Waals surface area contributed by atoms with E-state index >= 15 is 0 Å². The van der Waals surface area contributed by atoms with Gasteiger partial charge in [0.2, 0.25) is 0 Å². The Morgan fingerprint density at radius 1 is 1.29 bits per heavy atom. The number of anilines is 1. The van der Waals surface area contributed by atoms with Crippen molar-refractivity contribution in [1.82, 2.24) is 9.88 Å². The maximum Gasteiger partial charge on any atom is 0.254 e. The minimum atomic E-state index is -0.0245. The SMILES string of the molecule is Nc1cc(Cl)cc(C(=O)N(Cc2ccncc2)C2CC2)c1. The Bertz CT molecular complexity index is 636. The van der Waals surface area contributed by atoms with Crippen LogP contribution in [0.4, 0.5) is 5.69 Å². The van der Waals surface area contributed by atoms with E-state index in [1.54, 1.807) is 30.6 Å². The quantitative estimate of drug-likeness (QED) is 0.883. The van der Waals surface area contributed by atoms with Gasteiger partial charge in [0.1, 0.15) is 0 Å². The number of amides is 1. The number of pyridine rings is 1. The van der Waals surface area contributed by atoms with Gasteiger partial charge in [0.25, 0.3) is 5.91 Å². The van der Waals surface area contributed by atoms with E-state index in [1.807, 2.05) is 17.0 Å². The molecule has 1 aliphatic carbocycles. The summed E-state index contributed by atoms with van der Waals surface area (Å²) in [7, 11) is 0. The largest absolute Gasteiger partial charge is 0.399 e. The van der Waals surface area contributed by atoms with Crippen LogP contribution >= 0.6 is 11.6 Å². The number of nitrogens with zero attached hydrogens (tertiary/aromatic N) is 2. The third-order valence-electron chi connectivity index (χ3n) is 3.52. The zero-order valence-electron chi connectivity index (χ0n) is 11.5. The number of aromatic nitrogens is 1. The molecule has 3 rings (SSSR count). The van der Waals surface area contributed by atoms with E-state index in [9.17, 15) is 4.79 Å². The third kappa shape index (κ3) is 3.34. The minimum Gasteiger partial charge on any atom is -0.399 e. The summed E-state index contributed by atoms with van der Waals surface area (Å²) in [5, 5.41) is 0.484. The van der Waals surface area contributed by atoms with Gasteiger partial charge < -0.3 is 10.6 Å². The number of nitrogen functional groups attached to an aromatic ring is 1. The van der Waals surface area contributed by atoms with Crippen molar-refractivity contribution in [3.8, 4) is 0 Å². The summed E-state index contributed by atoms with van der Waals surface area (Å²) in [4.78, 5) is 18.6. The predicted octanol–water partition coefficient (Wildman–Crippen LogP) is 3.12. The molecule has 0 aliphatic heterocycles. The molecular weight excluding hydrogens is 286 g/mol. The molecule has 1 fully saturated rings. The second kappa shape index (κ2) is 5.74. The smallest absolute Gasteiger partial charge is 0.254 e. The summed E-state index contributed by atoms with van der Waals surface area (Å²) in [5.41, 5.74) is 7.90. The molecule has 1 aromatic heterocycles. The Kier molecular flexibility index (Phi) is 3.80. The fourth-order valence-electron chi connectivity index (χ4n) is 2.34. The average Bonchev–Trinajstić information content (AvgIpc) is 3.29. The summed E-state index contributed by atoms with van der Waals surface area (Å²) < 4.78 is 0. The first-order chi connectivity index (χ1) is 10.1. The van der Waals surface area contributed by atoms with Crippen molar-refractivity contribution in [2.75, 3.05) is 5.73 Å². The van der Waals surface area contributed by atoms with Crippen LogP contribution in [-0.2, 0) is 6.54 Å². The summed E-state index contributed by atoms with van der Waals surface area (Å²) in [6, 6.07) is 9.15. The maximum atomic E-state index is 12.7. The highest BCUT2D eigenvalue weighted by molar-refractivity contribution is 6.31. The van der Waals surface area contributed by atoms with Gasteiger partial charge in [-0.3, -0.25) is 9.78 Å². The standard InChI is InChI=1S/C16H16ClN3O/c17-13-7-12(8-14(18)9-13)16(21)20(15-1-2-15)10-11-3-5-19-6-4-11/h3-9,15H,1-2,10,18H2. The Morgan fingerprint density at radius 3 is 2.62 bits per heavy atom. The molecule has 1 amide bonds. The topological polar surface area (TPSA) is 59.2 Å². The van der Waals surface area contributed by atoms with Gasteiger partial charge in [0.05, 0.1) is 0 Å². The van der Waals surface area contributed by atoms with Crippen molar-refractivity contribution in [1.29, 1.82) is 0 Å². The van der Waals surface area contributed by atoms with E-state index in [4.69, 9.17) is 17.3 Å². The maximum absolute atomic E-state index is 12.7. The number of nitrogens with two attached hydrogens (primary N) is 1. The van der Waals surface area contributed by atoms with Crippen molar-refractivity contribution < 1.29 is 4.79 Å². The first kappa shape index (κ1) is 13.9. The molecule has 2 N–H and O–H groups in total. The zero-order valence-corrected chi connectivity index (χ0v) is 12.3. The van der Waals surface area contributed by atoms with E-state index in [0.717, 1.165) is 18.4 Å². The number of hydrogen-bond donors (Lipinski definition) is 1. The lowest BCUT2D eigenvalue weighted by Gasteiger charge is -2.23. The van der Waals surface area contributed by atoms with Gasteiger partial charge in [-0.15, -0.1) is 0 Å². The monoisotopic (exact) mass is 301 g/mol. The van der Waals surface area contributed by atoms with Crippen LogP contribution in [0, 0.1) is 0 Å². The van der Waals surface area contributed by atoms with Gasteiger partial charge in [0.15, 0.2) is 0 Å². The molecule has 5 heteroatoms. The molecule has 2 aromatic rings. The fraction of sp³-hybridized carbons (Fsp3) is 0.250. The zero-order chi connectivity index (χ0) is 14.8. The van der Waals surface area contributed by atoms with Crippen molar-refractivity contribution in [2.24, 2.45) is 0 Å². The number of carbonyl (C=O) groups is 1. The normalized spacial score (nSPS) is 14.0. The minimum absolute atomic E-state index is 0.0245. The average molecular weight is 302 g/mol. The lowest BCUT2D eigenvalue weighted by atomic mass is 10.1. The number of benzene rings is 1. The van der Waals surface area contributed by atoms with E-state index in [0.29, 0.717) is 28.9 Å². The molecule has 1 heterocycles. The van der Waals surface area contributed by atoms with Gasteiger partial charge in [-0.05, 0) is 48.7 Å². The Morgan fingerprint density at radius 2 is 2.00 bits per heavy atom. The van der Waals surface area contributed by atoms with Crippen LogP contribution in [0.1, 0.15) is 28.8 Å². The van der Waals surface area contributed by atoms with E-state index in [1.165, 1.54) is 0 Å². The van der Waals surface area contributed by atoms with Crippen LogP contribution in [0.3, 0.4) is 0 Å². The van der Waals surface area contributed by atoms with Gasteiger partial charge >= 0.3 is 0 Å². The van der Waals surface area contributed by atoms with Crippen molar-refractivity contribution in [3.05, 3.63) is 58.9 Å². The first-order valence-corrected chi connectivity index (χ1v) is 7.27. The molecule has 0 spiro atoms. The highest BCUT2D eigenvalue weighted by Gasteiger charge is 2.33. The fourth-order valence-corrected chi connectivity index (χ4v) is 2.58. The van der Waals surface area contributed by atoms with Gasteiger partial charge in [-0.25, -0.2) is 0 Å². The number of carbonyl (C=O) groups excluding carboxylic acids is 1. The summed E-state index contributed by atoms with van der Waals surface area (Å²) >= 11 is 6.00. The Labute approximate surface area is 128 Å². The summed E-state index contributed by atoms with van der Waals surface area (Å²) in [6.45, 7) is 0.582. The van der Waals surface area contributed by atoms with E-state index in [2.05, 4.69) is 4.98 Å². The van der Waals surface area contributed by atoms with Gasteiger partial charge in [-0.2, -0.15) is 0 Å². The molecule has 1 aliphatic rings. The molecule has 21 heavy (non-hydrogen) atoms. The lowest BCUT2D eigenvalue weighted by Crippen LogP contribution is -2.32. The molecule has 4 nitrogen and oxygen atoms in total. The van der Waals surface area contributed by atoms with Crippen LogP contribution in [0.2, 0.25) is 5.02 Å². The molecule has 0 unspecified atom stereocenters. The third-order valence-corrected chi connectivity index (χ3v) is 3.74. The molecule has 1 aromatic carbocycles. The first-order valence-electron chi connectivity index (χ1n) is 6.89. The molecule has 0 saturated heterocycles. The second-order valence-electron chi connectivity index (χ2n) is 5.29. The highest BCUT2D eigenvalue weighted by atomic mass is 35.5. The summed E-state index contributed by atoms with van der Waals surface area (Å²) in [5.74, 6) is -0.0245. The van der Waals surface area contributed by atoms with Crippen LogP contribution in [-0.4, -0.2) is 21.8 Å². The number of rotatable bonds is 4. The van der Waals surface area contributed by atoms with Crippen molar-refractivity contribution >= 4 is 23.2 Å². The Hall–Kier alpha value is -2.07. The van der Waals surface area contributed by atoms with Crippen LogP contribution in [0.15, 0.2) is 42.7 Å². The molecule has 1 saturated carbocycles. The van der Waals surface area contributed by atoms with Crippen LogP contribution in [0.5, 0.6) is 0 Å². The summed E-state index contributed by atoms with van der Waals surface area (Å²) in [6.07, 6.45) is 5.57. The van der Waals surface area contributed by atoms with Crippen molar-refractivity contribution in [3.63, 3.8) is 0 Å². The van der Waals surface area contributed by atoms with E-state index < -0.39 is 0 Å². The molecule has 0 bridgehead atoms. The molecule has 0 atom stereocenters. The number of halogens is 1. The molecule has 108 valence electrons. The highest BCUT2D eigenvalue weighted by Crippen LogP contribution is 2.30. The Balaban J connectivity index is 1.85. The number of hydrogen-bond acceptors (Lipinski definition) is 3. The predicted molar refractivity (Wildman–Crippen MR) is 83.0 cm³/mol. The lowest BCUT2D eigenvalue weighted by molar-refractivity contribution is 0.0730. The van der Waals surface area contributed by atoms with Crippen molar-refractivity contribution in [2.45, 2.75) is 25.4 Å². The van der Waals surface area contributed by atoms with Crippen LogP contribution < -0.4 is 5.73 Å². The van der Waals surface area contributed by atoms with Gasteiger partial charge in [-0.1, -0.05) is 11.6 Å².